The molecule has 3 nitrogen and oxygen atoms in total. The van der Waals surface area contributed by atoms with Crippen LogP contribution >= 0.6 is 23.5 Å². The fourth-order valence-corrected chi connectivity index (χ4v) is 5.46. The van der Waals surface area contributed by atoms with Crippen molar-refractivity contribution in [2.75, 3.05) is 5.75 Å². The summed E-state index contributed by atoms with van der Waals surface area (Å²) < 4.78 is 2.04. The fourth-order valence-electron chi connectivity index (χ4n) is 2.58. The van der Waals surface area contributed by atoms with Gasteiger partial charge >= 0.3 is 0 Å². The molecular weight excluding hydrogens is 300 g/mol. The molecule has 1 saturated heterocycles. The van der Waals surface area contributed by atoms with Gasteiger partial charge in [0, 0.05) is 23.3 Å². The number of hydrogen-bond donors (Lipinski definition) is 0. The van der Waals surface area contributed by atoms with Crippen molar-refractivity contribution in [3.05, 3.63) is 30.1 Å². The zero-order valence-corrected chi connectivity index (χ0v) is 14.2. The minimum Gasteiger partial charge on any atom is -0.331 e. The van der Waals surface area contributed by atoms with Crippen LogP contribution in [0.2, 0.25) is 0 Å². The van der Waals surface area contributed by atoms with Gasteiger partial charge in [0.25, 0.3) is 0 Å². The van der Waals surface area contributed by atoms with Gasteiger partial charge in [-0.15, -0.1) is 11.8 Å². The summed E-state index contributed by atoms with van der Waals surface area (Å²) in [6.07, 6.45) is 0.435. The number of carbonyl (C=O) groups is 1. The number of benzene rings is 1. The third-order valence-corrected chi connectivity index (χ3v) is 7.56. The summed E-state index contributed by atoms with van der Waals surface area (Å²) >= 11 is 3.74. The van der Waals surface area contributed by atoms with Crippen LogP contribution in [0, 0.1) is 0 Å². The number of ketones is 1. The number of rotatable bonds is 3. The van der Waals surface area contributed by atoms with Gasteiger partial charge in [0.05, 0.1) is 22.7 Å². The van der Waals surface area contributed by atoms with Crippen LogP contribution in [0.5, 0.6) is 0 Å². The Hall–Kier alpha value is -0.940. The molecule has 1 aliphatic heterocycles. The standard InChI is InChI=1S/C16H20N2OS2/c1-10-11(2)21-15(9-20-10)14(19)8-16-17-12-6-4-5-7-13(12)18(16)3/h4-7,10-11,15H,8-9H2,1-3H3. The SMILES string of the molecule is CC1SCC(C(=O)Cc2nc3ccccc3n2C)SC1C. The molecule has 21 heavy (non-hydrogen) atoms. The summed E-state index contributed by atoms with van der Waals surface area (Å²) in [6.45, 7) is 4.46. The van der Waals surface area contributed by atoms with Crippen LogP contribution < -0.4 is 0 Å². The number of fused-ring (bicyclic) bond motifs is 1. The molecule has 0 radical (unpaired) electrons. The molecule has 0 aliphatic carbocycles. The van der Waals surface area contributed by atoms with Gasteiger partial charge in [0.15, 0.2) is 5.78 Å². The molecule has 5 heteroatoms. The molecule has 1 aromatic carbocycles. The van der Waals surface area contributed by atoms with Gasteiger partial charge in [0.2, 0.25) is 0 Å². The topological polar surface area (TPSA) is 34.9 Å². The third-order valence-electron chi connectivity index (χ3n) is 4.12. The number of thioether (sulfide) groups is 2. The van der Waals surface area contributed by atoms with Gasteiger partial charge in [-0.2, -0.15) is 11.8 Å². The highest BCUT2D eigenvalue weighted by atomic mass is 32.2. The van der Waals surface area contributed by atoms with E-state index < -0.39 is 0 Å². The number of Topliss-reactive ketones (excluding diaryl/α,β-unsaturated/α-hetero) is 1. The summed E-state index contributed by atoms with van der Waals surface area (Å²) in [7, 11) is 1.99. The second-order valence-corrected chi connectivity index (χ2v) is 8.58. The van der Waals surface area contributed by atoms with Gasteiger partial charge in [-0.3, -0.25) is 4.79 Å². The maximum Gasteiger partial charge on any atom is 0.154 e. The Morgan fingerprint density at radius 3 is 2.81 bits per heavy atom. The number of imidazole rings is 1. The first kappa shape index (κ1) is 15.0. The number of carbonyl (C=O) groups excluding carboxylic acids is 1. The smallest absolute Gasteiger partial charge is 0.154 e. The highest BCUT2D eigenvalue weighted by Gasteiger charge is 2.30. The van der Waals surface area contributed by atoms with Gasteiger partial charge in [-0.05, 0) is 12.1 Å². The van der Waals surface area contributed by atoms with Crippen LogP contribution in [0.1, 0.15) is 19.7 Å². The molecule has 0 N–H and O–H groups in total. The molecule has 0 amide bonds. The maximum atomic E-state index is 12.6. The van der Waals surface area contributed by atoms with E-state index in [1.807, 2.05) is 59.4 Å². The molecular formula is C16H20N2OS2. The van der Waals surface area contributed by atoms with E-state index in [4.69, 9.17) is 0 Å². The first-order chi connectivity index (χ1) is 10.1. The molecule has 1 aromatic heterocycles. The predicted octanol–water partition coefficient (Wildman–Crippen LogP) is 3.31. The minimum atomic E-state index is 0.112. The van der Waals surface area contributed by atoms with E-state index >= 15 is 0 Å². The molecule has 0 bridgehead atoms. The Kier molecular flexibility index (Phi) is 4.31. The summed E-state index contributed by atoms with van der Waals surface area (Å²) in [5.41, 5.74) is 2.06. The average Bonchev–Trinajstić information content (AvgIpc) is 2.79. The first-order valence-electron chi connectivity index (χ1n) is 7.26. The predicted molar refractivity (Wildman–Crippen MR) is 92.2 cm³/mol. The zero-order valence-electron chi connectivity index (χ0n) is 12.6. The van der Waals surface area contributed by atoms with E-state index in [9.17, 15) is 4.79 Å². The van der Waals surface area contributed by atoms with Crippen molar-refractivity contribution in [2.45, 2.75) is 36.0 Å². The Morgan fingerprint density at radius 2 is 2.10 bits per heavy atom. The molecule has 112 valence electrons. The van der Waals surface area contributed by atoms with Crippen molar-refractivity contribution >= 4 is 40.3 Å². The molecule has 2 aromatic rings. The molecule has 3 atom stereocenters. The van der Waals surface area contributed by atoms with Crippen molar-refractivity contribution in [2.24, 2.45) is 7.05 Å². The van der Waals surface area contributed by atoms with Gasteiger partial charge in [-0.1, -0.05) is 26.0 Å². The van der Waals surface area contributed by atoms with Crippen molar-refractivity contribution < 1.29 is 4.79 Å². The van der Waals surface area contributed by atoms with E-state index in [2.05, 4.69) is 18.8 Å². The van der Waals surface area contributed by atoms with Crippen LogP contribution in [0.3, 0.4) is 0 Å². The summed E-state index contributed by atoms with van der Waals surface area (Å²) in [5, 5.41) is 1.29. The fraction of sp³-hybridized carbons (Fsp3) is 0.500. The summed E-state index contributed by atoms with van der Waals surface area (Å²) in [4.78, 5) is 17.2. The number of aromatic nitrogens is 2. The Morgan fingerprint density at radius 1 is 1.33 bits per heavy atom. The molecule has 1 aliphatic rings. The van der Waals surface area contributed by atoms with E-state index in [-0.39, 0.29) is 5.25 Å². The van der Waals surface area contributed by atoms with E-state index in [0.29, 0.717) is 22.7 Å². The second-order valence-electron chi connectivity index (χ2n) is 5.59. The number of hydrogen-bond acceptors (Lipinski definition) is 4. The van der Waals surface area contributed by atoms with E-state index in [1.54, 1.807) is 0 Å². The quantitative estimate of drug-likeness (QED) is 0.869. The summed E-state index contributed by atoms with van der Waals surface area (Å²) in [5.74, 6) is 2.11. The molecule has 0 saturated carbocycles. The van der Waals surface area contributed by atoms with Crippen molar-refractivity contribution in [1.82, 2.24) is 9.55 Å². The minimum absolute atomic E-state index is 0.112. The lowest BCUT2D eigenvalue weighted by molar-refractivity contribution is -0.117. The molecule has 2 heterocycles. The van der Waals surface area contributed by atoms with Crippen LogP contribution in [0.4, 0.5) is 0 Å². The second kappa shape index (κ2) is 6.05. The third kappa shape index (κ3) is 2.99. The average molecular weight is 320 g/mol. The Labute approximate surface area is 133 Å². The van der Waals surface area contributed by atoms with Crippen molar-refractivity contribution in [3.8, 4) is 0 Å². The van der Waals surface area contributed by atoms with Gasteiger partial charge in [0.1, 0.15) is 5.82 Å². The monoisotopic (exact) mass is 320 g/mol. The Balaban J connectivity index is 1.76. The summed E-state index contributed by atoms with van der Waals surface area (Å²) in [6, 6.07) is 8.04. The molecule has 1 fully saturated rings. The van der Waals surface area contributed by atoms with E-state index in [0.717, 1.165) is 22.6 Å². The Bertz CT molecular complexity index is 667. The number of para-hydroxylation sites is 2. The molecule has 0 spiro atoms. The highest BCUT2D eigenvalue weighted by Crippen LogP contribution is 2.36. The molecule has 3 unspecified atom stereocenters. The van der Waals surface area contributed by atoms with Gasteiger partial charge < -0.3 is 4.57 Å². The van der Waals surface area contributed by atoms with Crippen LogP contribution in [-0.2, 0) is 18.3 Å². The number of aryl methyl sites for hydroxylation is 1. The first-order valence-corrected chi connectivity index (χ1v) is 9.25. The van der Waals surface area contributed by atoms with Crippen LogP contribution in [0.25, 0.3) is 11.0 Å². The lowest BCUT2D eigenvalue weighted by Crippen LogP contribution is -2.32. The maximum absolute atomic E-state index is 12.6. The normalized spacial score (nSPS) is 26.1. The van der Waals surface area contributed by atoms with Crippen LogP contribution in [0.15, 0.2) is 24.3 Å². The largest absolute Gasteiger partial charge is 0.331 e. The van der Waals surface area contributed by atoms with Crippen molar-refractivity contribution in [1.29, 1.82) is 0 Å². The lowest BCUT2D eigenvalue weighted by atomic mass is 10.2. The highest BCUT2D eigenvalue weighted by molar-refractivity contribution is 8.08. The van der Waals surface area contributed by atoms with E-state index in [1.165, 1.54) is 0 Å². The lowest BCUT2D eigenvalue weighted by Gasteiger charge is -2.30. The van der Waals surface area contributed by atoms with Gasteiger partial charge in [-0.25, -0.2) is 4.98 Å². The zero-order chi connectivity index (χ0) is 15.0. The number of nitrogens with zero attached hydrogens (tertiary/aromatic N) is 2. The van der Waals surface area contributed by atoms with Crippen LogP contribution in [-0.4, -0.2) is 36.8 Å². The molecule has 3 rings (SSSR count). The van der Waals surface area contributed by atoms with Crippen molar-refractivity contribution in [3.63, 3.8) is 0 Å².